The van der Waals surface area contributed by atoms with E-state index in [0.29, 0.717) is 17.5 Å². The molecule has 0 radical (unpaired) electrons. The molecule has 0 aliphatic carbocycles. The summed E-state index contributed by atoms with van der Waals surface area (Å²) >= 11 is 0. The van der Waals surface area contributed by atoms with E-state index < -0.39 is 16.4 Å². The highest BCUT2D eigenvalue weighted by atomic mass is 19.1. The zero-order chi connectivity index (χ0) is 15.3. The summed E-state index contributed by atoms with van der Waals surface area (Å²) in [6.07, 6.45) is 1.95. The summed E-state index contributed by atoms with van der Waals surface area (Å²) in [5, 5.41) is 14.0. The average molecular weight is 282 g/mol. The molecule has 0 atom stereocenters. The SMILES string of the molecule is CC(C)CC(CC(C)C)Nc1ccc(F)c([N+](=O)[O-])c1. The van der Waals surface area contributed by atoms with E-state index in [2.05, 4.69) is 33.0 Å². The minimum Gasteiger partial charge on any atom is -0.382 e. The molecule has 4 nitrogen and oxygen atoms in total. The highest BCUT2D eigenvalue weighted by molar-refractivity contribution is 5.52. The van der Waals surface area contributed by atoms with E-state index in [-0.39, 0.29) is 6.04 Å². The van der Waals surface area contributed by atoms with Crippen molar-refractivity contribution in [1.82, 2.24) is 0 Å². The van der Waals surface area contributed by atoms with Crippen molar-refractivity contribution in [3.63, 3.8) is 0 Å². The molecule has 0 aromatic heterocycles. The maximum Gasteiger partial charge on any atom is 0.306 e. The molecule has 0 amide bonds. The molecule has 1 rings (SSSR count). The van der Waals surface area contributed by atoms with Crippen molar-refractivity contribution in [3.05, 3.63) is 34.1 Å². The van der Waals surface area contributed by atoms with Crippen LogP contribution in [0, 0.1) is 27.8 Å². The molecule has 0 fully saturated rings. The van der Waals surface area contributed by atoms with Gasteiger partial charge in [-0.15, -0.1) is 0 Å². The summed E-state index contributed by atoms with van der Waals surface area (Å²) in [4.78, 5) is 10.1. The third-order valence-electron chi connectivity index (χ3n) is 3.03. The summed E-state index contributed by atoms with van der Waals surface area (Å²) in [7, 11) is 0. The lowest BCUT2D eigenvalue weighted by Gasteiger charge is -2.23. The molecular weight excluding hydrogens is 259 g/mol. The number of anilines is 1. The molecule has 1 N–H and O–H groups in total. The van der Waals surface area contributed by atoms with Crippen molar-refractivity contribution in [2.75, 3.05) is 5.32 Å². The first-order valence-corrected chi connectivity index (χ1v) is 7.00. The maximum atomic E-state index is 13.3. The van der Waals surface area contributed by atoms with E-state index in [1.165, 1.54) is 6.07 Å². The van der Waals surface area contributed by atoms with Gasteiger partial charge < -0.3 is 5.32 Å². The monoisotopic (exact) mass is 282 g/mol. The first-order valence-electron chi connectivity index (χ1n) is 7.00. The minimum absolute atomic E-state index is 0.236. The Kier molecular flexibility index (Phi) is 5.92. The van der Waals surface area contributed by atoms with Crippen LogP contribution in [-0.2, 0) is 0 Å². The molecule has 0 heterocycles. The van der Waals surface area contributed by atoms with Crippen LogP contribution < -0.4 is 5.32 Å². The number of hydrogen-bond acceptors (Lipinski definition) is 3. The van der Waals surface area contributed by atoms with Gasteiger partial charge in [-0.2, -0.15) is 4.39 Å². The number of nitrogens with one attached hydrogen (secondary N) is 1. The first-order chi connectivity index (χ1) is 9.29. The lowest BCUT2D eigenvalue weighted by molar-refractivity contribution is -0.387. The van der Waals surface area contributed by atoms with Crippen molar-refractivity contribution in [3.8, 4) is 0 Å². The van der Waals surface area contributed by atoms with E-state index in [4.69, 9.17) is 0 Å². The molecule has 0 saturated carbocycles. The van der Waals surface area contributed by atoms with Crippen molar-refractivity contribution < 1.29 is 9.31 Å². The molecule has 0 aliphatic heterocycles. The number of rotatable bonds is 7. The maximum absolute atomic E-state index is 13.3. The second-order valence-corrected chi connectivity index (χ2v) is 6.02. The third-order valence-corrected chi connectivity index (χ3v) is 3.03. The van der Waals surface area contributed by atoms with E-state index in [1.54, 1.807) is 6.07 Å². The average Bonchev–Trinajstić information content (AvgIpc) is 2.29. The number of nitro benzene ring substituents is 1. The Balaban J connectivity index is 2.87. The van der Waals surface area contributed by atoms with E-state index >= 15 is 0 Å². The van der Waals surface area contributed by atoms with E-state index in [1.807, 2.05) is 0 Å². The summed E-state index contributed by atoms with van der Waals surface area (Å²) in [6.45, 7) is 8.56. The standard InChI is InChI=1S/C15H23FN2O2/c1-10(2)7-13(8-11(3)4)17-12-5-6-14(16)15(9-12)18(19)20/h5-6,9-11,13,17H,7-8H2,1-4H3. The summed E-state index contributed by atoms with van der Waals surface area (Å²) < 4.78 is 13.3. The van der Waals surface area contributed by atoms with E-state index in [0.717, 1.165) is 18.9 Å². The van der Waals surface area contributed by atoms with Gasteiger partial charge in [0.25, 0.3) is 0 Å². The van der Waals surface area contributed by atoms with Gasteiger partial charge in [0.2, 0.25) is 5.82 Å². The van der Waals surface area contributed by atoms with Gasteiger partial charge in [0.1, 0.15) is 0 Å². The molecule has 112 valence electrons. The molecule has 1 aromatic carbocycles. The van der Waals surface area contributed by atoms with Crippen LogP contribution in [0.3, 0.4) is 0 Å². The van der Waals surface area contributed by atoms with Crippen LogP contribution >= 0.6 is 0 Å². The molecule has 0 saturated heterocycles. The van der Waals surface area contributed by atoms with Crippen molar-refractivity contribution in [1.29, 1.82) is 0 Å². The Morgan fingerprint density at radius 3 is 2.20 bits per heavy atom. The topological polar surface area (TPSA) is 55.2 Å². The highest BCUT2D eigenvalue weighted by Gasteiger charge is 2.17. The molecule has 5 heteroatoms. The Morgan fingerprint density at radius 1 is 1.20 bits per heavy atom. The molecule has 0 aliphatic rings. The van der Waals surface area contributed by atoms with Crippen molar-refractivity contribution in [2.45, 2.75) is 46.6 Å². The minimum atomic E-state index is -0.801. The van der Waals surface area contributed by atoms with E-state index in [9.17, 15) is 14.5 Å². The van der Waals surface area contributed by atoms with Gasteiger partial charge in [0.05, 0.1) is 4.92 Å². The molecule has 20 heavy (non-hydrogen) atoms. The van der Waals surface area contributed by atoms with Gasteiger partial charge in [-0.25, -0.2) is 0 Å². The highest BCUT2D eigenvalue weighted by Crippen LogP contribution is 2.24. The van der Waals surface area contributed by atoms with Gasteiger partial charge >= 0.3 is 5.69 Å². The zero-order valence-electron chi connectivity index (χ0n) is 12.5. The fourth-order valence-corrected chi connectivity index (χ4v) is 2.33. The van der Waals surface area contributed by atoms with Crippen LogP contribution in [0.15, 0.2) is 18.2 Å². The molecule has 0 spiro atoms. The normalized spacial score (nSPS) is 11.4. The van der Waals surface area contributed by atoms with Gasteiger partial charge in [-0.3, -0.25) is 10.1 Å². The van der Waals surface area contributed by atoms with Crippen LogP contribution in [0.1, 0.15) is 40.5 Å². The Morgan fingerprint density at radius 2 is 1.75 bits per heavy atom. The fourth-order valence-electron chi connectivity index (χ4n) is 2.33. The second-order valence-electron chi connectivity index (χ2n) is 6.02. The van der Waals surface area contributed by atoms with Crippen molar-refractivity contribution in [2.24, 2.45) is 11.8 Å². The summed E-state index contributed by atoms with van der Waals surface area (Å²) in [5.41, 5.74) is 0.118. The molecule has 0 unspecified atom stereocenters. The number of nitrogens with zero attached hydrogens (tertiary/aromatic N) is 1. The summed E-state index contributed by atoms with van der Waals surface area (Å²) in [6, 6.07) is 4.20. The number of halogens is 1. The lowest BCUT2D eigenvalue weighted by atomic mass is 9.95. The molecule has 1 aromatic rings. The Labute approximate surface area is 119 Å². The number of nitro groups is 1. The van der Waals surface area contributed by atoms with Crippen LogP contribution in [-0.4, -0.2) is 11.0 Å². The Hall–Kier alpha value is -1.65. The second kappa shape index (κ2) is 7.22. The smallest absolute Gasteiger partial charge is 0.306 e. The largest absolute Gasteiger partial charge is 0.382 e. The zero-order valence-corrected chi connectivity index (χ0v) is 12.5. The predicted molar refractivity (Wildman–Crippen MR) is 79.4 cm³/mol. The predicted octanol–water partition coefficient (Wildman–Crippen LogP) is 4.61. The van der Waals surface area contributed by atoms with Crippen LogP contribution in [0.2, 0.25) is 0 Å². The first kappa shape index (κ1) is 16.4. The quantitative estimate of drug-likeness (QED) is 0.587. The van der Waals surface area contributed by atoms with Crippen molar-refractivity contribution >= 4 is 11.4 Å². The van der Waals surface area contributed by atoms with Gasteiger partial charge in [0.15, 0.2) is 0 Å². The van der Waals surface area contributed by atoms with Crippen LogP contribution in [0.25, 0.3) is 0 Å². The fraction of sp³-hybridized carbons (Fsp3) is 0.600. The number of hydrogen-bond donors (Lipinski definition) is 1. The van der Waals surface area contributed by atoms with Gasteiger partial charge in [-0.05, 0) is 36.8 Å². The van der Waals surface area contributed by atoms with Crippen LogP contribution in [0.4, 0.5) is 15.8 Å². The van der Waals surface area contributed by atoms with Gasteiger partial charge in [0, 0.05) is 17.8 Å². The van der Waals surface area contributed by atoms with Crippen LogP contribution in [0.5, 0.6) is 0 Å². The molecule has 0 bridgehead atoms. The lowest BCUT2D eigenvalue weighted by Crippen LogP contribution is -2.23. The molecular formula is C15H23FN2O2. The summed E-state index contributed by atoms with van der Waals surface area (Å²) in [5.74, 6) is 0.258. The Bertz CT molecular complexity index is 451. The van der Waals surface area contributed by atoms with Gasteiger partial charge in [-0.1, -0.05) is 27.7 Å². The number of benzene rings is 1. The third kappa shape index (κ3) is 5.15.